The predicted octanol–water partition coefficient (Wildman–Crippen LogP) is 3.87. The number of benzene rings is 1. The Bertz CT molecular complexity index is 279. The maximum Gasteiger partial charge on any atom is 0.0351 e. The van der Waals surface area contributed by atoms with E-state index in [0.717, 1.165) is 19.6 Å². The molecule has 0 unspecified atom stereocenters. The molecule has 0 N–H and O–H groups in total. The third kappa shape index (κ3) is 6.97. The summed E-state index contributed by atoms with van der Waals surface area (Å²) in [6, 6.07) is 10.6. The van der Waals surface area contributed by atoms with Crippen molar-refractivity contribution < 1.29 is 0 Å². The van der Waals surface area contributed by atoms with Crippen LogP contribution in [0.4, 0.5) is 0 Å². The zero-order valence-corrected chi connectivity index (χ0v) is 12.1. The number of hydrogen-bond acceptors (Lipinski definition) is 2. The number of hydrogen-bond donors (Lipinski definition) is 0. The van der Waals surface area contributed by atoms with Gasteiger partial charge in [0, 0.05) is 19.0 Å². The van der Waals surface area contributed by atoms with Crippen LogP contribution in [-0.2, 0) is 6.54 Å². The molecule has 0 atom stereocenters. The van der Waals surface area contributed by atoms with Crippen molar-refractivity contribution >= 4 is 23.4 Å². The molecule has 0 aliphatic rings. The highest BCUT2D eigenvalue weighted by atomic mass is 35.5. The summed E-state index contributed by atoms with van der Waals surface area (Å²) in [7, 11) is 0. The van der Waals surface area contributed by atoms with Crippen LogP contribution in [0.15, 0.2) is 30.3 Å². The summed E-state index contributed by atoms with van der Waals surface area (Å²) in [6.45, 7) is 5.36. The monoisotopic (exact) mass is 271 g/mol. The van der Waals surface area contributed by atoms with Gasteiger partial charge >= 0.3 is 0 Å². The Morgan fingerprint density at radius 3 is 2.59 bits per heavy atom. The second kappa shape index (κ2) is 9.81. The van der Waals surface area contributed by atoms with E-state index in [2.05, 4.69) is 42.2 Å². The fourth-order valence-electron chi connectivity index (χ4n) is 1.77. The number of rotatable bonds is 9. The van der Waals surface area contributed by atoms with Gasteiger partial charge in [0.25, 0.3) is 0 Å². The molecule has 0 radical (unpaired) electrons. The molecule has 0 spiro atoms. The lowest BCUT2D eigenvalue weighted by Crippen LogP contribution is -2.26. The van der Waals surface area contributed by atoms with Gasteiger partial charge in [-0.05, 0) is 30.0 Å². The zero-order chi connectivity index (χ0) is 12.3. The van der Waals surface area contributed by atoms with Gasteiger partial charge in [-0.25, -0.2) is 0 Å². The first kappa shape index (κ1) is 14.9. The minimum absolute atomic E-state index is 0.716. The molecule has 1 nitrogen and oxygen atoms in total. The molecule has 1 aromatic carbocycles. The smallest absolute Gasteiger partial charge is 0.0351 e. The van der Waals surface area contributed by atoms with Gasteiger partial charge in [0.05, 0.1) is 0 Å². The summed E-state index contributed by atoms with van der Waals surface area (Å²) < 4.78 is 0. The topological polar surface area (TPSA) is 3.24 Å². The maximum atomic E-state index is 5.86. The summed E-state index contributed by atoms with van der Waals surface area (Å²) in [5, 5.41) is 0. The van der Waals surface area contributed by atoms with Crippen molar-refractivity contribution in [1.29, 1.82) is 0 Å². The first-order valence-corrected chi connectivity index (χ1v) is 7.95. The van der Waals surface area contributed by atoms with Crippen LogP contribution in [0.3, 0.4) is 0 Å². The highest BCUT2D eigenvalue weighted by molar-refractivity contribution is 7.99. The van der Waals surface area contributed by atoms with Gasteiger partial charge < -0.3 is 0 Å². The average molecular weight is 272 g/mol. The Labute approximate surface area is 115 Å². The van der Waals surface area contributed by atoms with E-state index in [-0.39, 0.29) is 0 Å². The van der Waals surface area contributed by atoms with Crippen molar-refractivity contribution in [2.75, 3.05) is 30.5 Å². The standard InChI is InChI=1S/C14H22ClNS/c1-2-17-12-6-10-16(11-9-15)13-14-7-4-3-5-8-14/h3-5,7-8H,2,6,9-13H2,1H3. The van der Waals surface area contributed by atoms with Crippen LogP contribution in [0.1, 0.15) is 18.9 Å². The summed E-state index contributed by atoms with van der Waals surface area (Å²) in [4.78, 5) is 2.44. The fourth-order valence-corrected chi connectivity index (χ4v) is 2.63. The molecule has 1 rings (SSSR count). The lowest BCUT2D eigenvalue weighted by Gasteiger charge is -2.21. The first-order valence-electron chi connectivity index (χ1n) is 6.26. The normalized spacial score (nSPS) is 11.0. The molecule has 0 bridgehead atoms. The van der Waals surface area contributed by atoms with Crippen LogP contribution in [0, 0.1) is 0 Å². The van der Waals surface area contributed by atoms with E-state index in [9.17, 15) is 0 Å². The van der Waals surface area contributed by atoms with Crippen molar-refractivity contribution in [2.24, 2.45) is 0 Å². The molecule has 0 aromatic heterocycles. The molecule has 96 valence electrons. The summed E-state index contributed by atoms with van der Waals surface area (Å²) in [5.74, 6) is 3.19. The zero-order valence-electron chi connectivity index (χ0n) is 10.6. The van der Waals surface area contributed by atoms with Crippen LogP contribution in [0.25, 0.3) is 0 Å². The molecule has 0 aliphatic heterocycles. The van der Waals surface area contributed by atoms with Crippen LogP contribution < -0.4 is 0 Å². The molecule has 3 heteroatoms. The second-order valence-electron chi connectivity index (χ2n) is 4.00. The highest BCUT2D eigenvalue weighted by Gasteiger charge is 2.04. The lowest BCUT2D eigenvalue weighted by atomic mass is 10.2. The molecule has 0 saturated heterocycles. The second-order valence-corrected chi connectivity index (χ2v) is 5.77. The summed E-state index contributed by atoms with van der Waals surface area (Å²) in [6.07, 6.45) is 1.25. The Morgan fingerprint density at radius 1 is 1.18 bits per heavy atom. The summed E-state index contributed by atoms with van der Waals surface area (Å²) in [5.41, 5.74) is 1.38. The third-order valence-corrected chi connectivity index (χ3v) is 3.77. The number of halogens is 1. The summed E-state index contributed by atoms with van der Waals surface area (Å²) >= 11 is 7.87. The Morgan fingerprint density at radius 2 is 1.94 bits per heavy atom. The van der Waals surface area contributed by atoms with E-state index in [0.29, 0.717) is 5.88 Å². The van der Waals surface area contributed by atoms with E-state index >= 15 is 0 Å². The molecule has 17 heavy (non-hydrogen) atoms. The molecular weight excluding hydrogens is 250 g/mol. The first-order chi connectivity index (χ1) is 8.36. The molecule has 1 aromatic rings. The lowest BCUT2D eigenvalue weighted by molar-refractivity contribution is 0.283. The van der Waals surface area contributed by atoms with E-state index in [1.54, 1.807) is 0 Å². The molecule has 0 fully saturated rings. The van der Waals surface area contributed by atoms with E-state index < -0.39 is 0 Å². The Kier molecular flexibility index (Phi) is 8.59. The SMILES string of the molecule is CCSCCCN(CCCl)Cc1ccccc1. The minimum atomic E-state index is 0.716. The van der Waals surface area contributed by atoms with Gasteiger partial charge in [-0.2, -0.15) is 11.8 Å². The van der Waals surface area contributed by atoms with Crippen molar-refractivity contribution in [3.63, 3.8) is 0 Å². The van der Waals surface area contributed by atoms with Gasteiger partial charge in [-0.15, -0.1) is 11.6 Å². The largest absolute Gasteiger partial charge is 0.298 e. The average Bonchev–Trinajstić information content (AvgIpc) is 2.36. The van der Waals surface area contributed by atoms with Crippen LogP contribution in [0.2, 0.25) is 0 Å². The van der Waals surface area contributed by atoms with Crippen LogP contribution in [-0.4, -0.2) is 35.4 Å². The molecule has 0 aliphatic carbocycles. The van der Waals surface area contributed by atoms with Gasteiger partial charge in [0.2, 0.25) is 0 Å². The van der Waals surface area contributed by atoms with Crippen molar-refractivity contribution in [1.82, 2.24) is 4.90 Å². The number of thioether (sulfide) groups is 1. The van der Waals surface area contributed by atoms with Crippen LogP contribution in [0.5, 0.6) is 0 Å². The molecule has 0 heterocycles. The van der Waals surface area contributed by atoms with Crippen LogP contribution >= 0.6 is 23.4 Å². The molecular formula is C14H22ClNS. The quantitative estimate of drug-likeness (QED) is 0.495. The number of alkyl halides is 1. The van der Waals surface area contributed by atoms with E-state index in [4.69, 9.17) is 11.6 Å². The Hall–Kier alpha value is -0.180. The predicted molar refractivity (Wildman–Crippen MR) is 80.1 cm³/mol. The van der Waals surface area contributed by atoms with Crippen molar-refractivity contribution in [3.05, 3.63) is 35.9 Å². The highest BCUT2D eigenvalue weighted by Crippen LogP contribution is 2.07. The van der Waals surface area contributed by atoms with E-state index in [1.807, 2.05) is 11.8 Å². The van der Waals surface area contributed by atoms with Crippen molar-refractivity contribution in [3.8, 4) is 0 Å². The van der Waals surface area contributed by atoms with Gasteiger partial charge in [-0.3, -0.25) is 4.90 Å². The van der Waals surface area contributed by atoms with Gasteiger partial charge in [0.15, 0.2) is 0 Å². The van der Waals surface area contributed by atoms with Gasteiger partial charge in [-0.1, -0.05) is 37.3 Å². The Balaban J connectivity index is 2.32. The minimum Gasteiger partial charge on any atom is -0.298 e. The van der Waals surface area contributed by atoms with Crippen molar-refractivity contribution in [2.45, 2.75) is 19.9 Å². The maximum absolute atomic E-state index is 5.86. The number of nitrogens with zero attached hydrogens (tertiary/aromatic N) is 1. The fraction of sp³-hybridized carbons (Fsp3) is 0.571. The van der Waals surface area contributed by atoms with Gasteiger partial charge in [0.1, 0.15) is 0 Å². The molecule has 0 saturated carbocycles. The molecule has 0 amide bonds. The third-order valence-electron chi connectivity index (χ3n) is 2.62. The van der Waals surface area contributed by atoms with E-state index in [1.165, 1.54) is 23.5 Å².